The van der Waals surface area contributed by atoms with Gasteiger partial charge in [-0.15, -0.1) is 5.10 Å². The van der Waals surface area contributed by atoms with Crippen LogP contribution in [0.25, 0.3) is 5.69 Å². The first-order valence-corrected chi connectivity index (χ1v) is 16.1. The van der Waals surface area contributed by atoms with Gasteiger partial charge in [0.1, 0.15) is 5.75 Å². The first-order chi connectivity index (χ1) is 23.8. The van der Waals surface area contributed by atoms with Crippen LogP contribution >= 0.6 is 0 Å². The number of benzene rings is 3. The number of carbonyl (C=O) groups excluding carboxylic acids is 1. The number of aliphatic hydroxyl groups excluding tert-OH is 1. The lowest BCUT2D eigenvalue weighted by atomic mass is 9.83. The average molecular weight is 662 g/mol. The minimum Gasteiger partial charge on any atom is -0.497 e. The molecule has 1 aliphatic heterocycles. The number of hydrogen-bond donors (Lipinski definition) is 2. The van der Waals surface area contributed by atoms with Gasteiger partial charge < -0.3 is 24.6 Å². The van der Waals surface area contributed by atoms with E-state index < -0.39 is 17.4 Å². The molecule has 0 aliphatic carbocycles. The third kappa shape index (κ3) is 6.50. The van der Waals surface area contributed by atoms with Crippen molar-refractivity contribution in [3.05, 3.63) is 142 Å². The fraction of sp³-hybridized carbons (Fsp3) is 0.263. The van der Waals surface area contributed by atoms with E-state index in [1.54, 1.807) is 53.2 Å². The molecule has 3 aromatic carbocycles. The molecule has 2 N–H and O–H groups in total. The Morgan fingerprint density at radius 1 is 0.959 bits per heavy atom. The Hall–Kier alpha value is -5.52. The third-order valence-corrected chi connectivity index (χ3v) is 9.07. The van der Waals surface area contributed by atoms with Crippen LogP contribution in [0.2, 0.25) is 0 Å². The number of methoxy groups -OCH3 is 2. The van der Waals surface area contributed by atoms with Crippen LogP contribution in [0.5, 0.6) is 11.5 Å². The predicted molar refractivity (Wildman–Crippen MR) is 185 cm³/mol. The molecule has 0 radical (unpaired) electrons. The summed E-state index contributed by atoms with van der Waals surface area (Å²) in [5, 5.41) is 30.6. The van der Waals surface area contributed by atoms with Crippen molar-refractivity contribution in [2.45, 2.75) is 38.0 Å². The first-order valence-electron chi connectivity index (χ1n) is 16.1. The number of allylic oxidation sites excluding steroid dienone is 1. The second kappa shape index (κ2) is 14.3. The molecule has 3 atom stereocenters. The SMILES string of the molecule is COc1ccc2c(c1)[C@@](O)([C@H](C)/C=C/CCn1cc(C(CO)c3ccccc3)nn1)C(=O)N2Cc1ccc(-n2cccc(OC)c2=O)cc1. The summed E-state index contributed by atoms with van der Waals surface area (Å²) < 4.78 is 13.8. The van der Waals surface area contributed by atoms with Gasteiger partial charge in [0.05, 0.1) is 44.7 Å². The third-order valence-electron chi connectivity index (χ3n) is 9.07. The number of rotatable bonds is 13. The van der Waals surface area contributed by atoms with E-state index in [9.17, 15) is 19.8 Å². The van der Waals surface area contributed by atoms with Crippen LogP contribution in [0.4, 0.5) is 5.69 Å². The van der Waals surface area contributed by atoms with Gasteiger partial charge in [-0.1, -0.05) is 66.8 Å². The number of amides is 1. The molecule has 5 aromatic rings. The molecule has 252 valence electrons. The Kier molecular flexibility index (Phi) is 9.75. The van der Waals surface area contributed by atoms with Gasteiger partial charge in [0.2, 0.25) is 0 Å². The molecule has 1 amide bonds. The van der Waals surface area contributed by atoms with Gasteiger partial charge in [0.15, 0.2) is 11.4 Å². The summed E-state index contributed by atoms with van der Waals surface area (Å²) in [6.45, 7) is 2.49. The Labute approximate surface area is 284 Å². The molecular formula is C38H39N5O6. The summed E-state index contributed by atoms with van der Waals surface area (Å²) in [5.41, 5.74) is 2.13. The summed E-state index contributed by atoms with van der Waals surface area (Å²) in [6, 6.07) is 25.7. The number of aryl methyl sites for hydroxylation is 1. The highest BCUT2D eigenvalue weighted by Crippen LogP contribution is 2.47. The Morgan fingerprint density at radius 3 is 2.45 bits per heavy atom. The summed E-state index contributed by atoms with van der Waals surface area (Å²) >= 11 is 0. The first kappa shape index (κ1) is 33.4. The molecule has 11 heteroatoms. The molecule has 49 heavy (non-hydrogen) atoms. The zero-order chi connectivity index (χ0) is 34.5. The van der Waals surface area contributed by atoms with Crippen molar-refractivity contribution in [1.82, 2.24) is 19.6 Å². The van der Waals surface area contributed by atoms with Crippen LogP contribution in [0.15, 0.2) is 114 Å². The van der Waals surface area contributed by atoms with Crippen LogP contribution in [-0.4, -0.2) is 56.5 Å². The van der Waals surface area contributed by atoms with E-state index in [4.69, 9.17) is 9.47 Å². The molecule has 2 aromatic heterocycles. The lowest BCUT2D eigenvalue weighted by Gasteiger charge is -2.28. The number of carbonyl (C=O) groups is 1. The van der Waals surface area contributed by atoms with Crippen molar-refractivity contribution in [2.24, 2.45) is 5.92 Å². The lowest BCUT2D eigenvalue weighted by molar-refractivity contribution is -0.139. The maximum atomic E-state index is 14.1. The molecule has 1 aliphatic rings. The van der Waals surface area contributed by atoms with E-state index in [1.165, 1.54) is 11.7 Å². The molecule has 1 unspecified atom stereocenters. The molecule has 3 heterocycles. The van der Waals surface area contributed by atoms with Gasteiger partial charge in [-0.2, -0.15) is 0 Å². The largest absolute Gasteiger partial charge is 0.497 e. The van der Waals surface area contributed by atoms with Crippen molar-refractivity contribution < 1.29 is 24.5 Å². The summed E-state index contributed by atoms with van der Waals surface area (Å²) in [5.74, 6) is -0.483. The number of fused-ring (bicyclic) bond motifs is 1. The molecule has 0 fully saturated rings. The standard InChI is InChI=1S/C38H39N5O6/c1-26(10-7-8-20-41-24-33(39-40-41)31(25-44)28-11-5-4-6-12-28)38(47)32-22-30(48-2)18-19-34(32)43(37(38)46)23-27-14-16-29(17-15-27)42-21-9-13-35(49-3)36(42)45/h4-7,9-19,21-22,24,26,31,44,47H,8,20,23,25H2,1-3H3/b10-7+/t26-,31?,38+/m1/s1. The number of aliphatic hydroxyl groups is 2. The molecule has 0 bridgehead atoms. The van der Waals surface area contributed by atoms with E-state index >= 15 is 0 Å². The van der Waals surface area contributed by atoms with Crippen LogP contribution < -0.4 is 19.9 Å². The summed E-state index contributed by atoms with van der Waals surface area (Å²) in [4.78, 5) is 28.4. The minimum absolute atomic E-state index is 0.0774. The topological polar surface area (TPSA) is 132 Å². The molecule has 11 nitrogen and oxygen atoms in total. The maximum absolute atomic E-state index is 14.1. The number of nitrogens with zero attached hydrogens (tertiary/aromatic N) is 5. The second-order valence-electron chi connectivity index (χ2n) is 12.0. The lowest BCUT2D eigenvalue weighted by Crippen LogP contribution is -2.44. The number of anilines is 1. The fourth-order valence-electron chi connectivity index (χ4n) is 6.27. The monoisotopic (exact) mass is 661 g/mol. The van der Waals surface area contributed by atoms with Crippen LogP contribution in [0.3, 0.4) is 0 Å². The Balaban J connectivity index is 1.17. The Morgan fingerprint density at radius 2 is 1.73 bits per heavy atom. The van der Waals surface area contributed by atoms with Gasteiger partial charge in [-0.3, -0.25) is 18.8 Å². The van der Waals surface area contributed by atoms with Gasteiger partial charge in [0, 0.05) is 36.1 Å². The smallest absolute Gasteiger partial charge is 0.297 e. The summed E-state index contributed by atoms with van der Waals surface area (Å²) in [6.07, 6.45) is 7.87. The predicted octanol–water partition coefficient (Wildman–Crippen LogP) is 4.59. The van der Waals surface area contributed by atoms with Crippen molar-refractivity contribution in [3.8, 4) is 17.2 Å². The van der Waals surface area contributed by atoms with Crippen LogP contribution in [0.1, 0.15) is 41.6 Å². The number of aromatic nitrogens is 4. The van der Waals surface area contributed by atoms with Gasteiger partial charge >= 0.3 is 0 Å². The minimum atomic E-state index is -1.82. The quantitative estimate of drug-likeness (QED) is 0.175. The summed E-state index contributed by atoms with van der Waals surface area (Å²) in [7, 11) is 3.00. The highest BCUT2D eigenvalue weighted by atomic mass is 16.5. The normalized spacial score (nSPS) is 16.9. The van der Waals surface area contributed by atoms with Crippen molar-refractivity contribution >= 4 is 11.6 Å². The van der Waals surface area contributed by atoms with E-state index in [2.05, 4.69) is 10.3 Å². The highest BCUT2D eigenvalue weighted by Gasteiger charge is 2.52. The molecule has 0 spiro atoms. The number of hydrogen-bond acceptors (Lipinski definition) is 8. The molecule has 0 saturated carbocycles. The van der Waals surface area contributed by atoms with Crippen molar-refractivity contribution in [2.75, 3.05) is 25.7 Å². The Bertz CT molecular complexity index is 2010. The van der Waals surface area contributed by atoms with Gasteiger partial charge in [-0.25, -0.2) is 0 Å². The van der Waals surface area contributed by atoms with Crippen molar-refractivity contribution in [1.29, 1.82) is 0 Å². The van der Waals surface area contributed by atoms with E-state index in [-0.39, 0.29) is 30.4 Å². The zero-order valence-corrected chi connectivity index (χ0v) is 27.6. The van der Waals surface area contributed by atoms with Gasteiger partial charge in [0.25, 0.3) is 11.5 Å². The van der Waals surface area contributed by atoms with Crippen LogP contribution in [0, 0.1) is 5.92 Å². The molecular weight excluding hydrogens is 622 g/mol. The second-order valence-corrected chi connectivity index (χ2v) is 12.0. The number of pyridine rings is 1. The van der Waals surface area contributed by atoms with E-state index in [0.29, 0.717) is 41.3 Å². The zero-order valence-electron chi connectivity index (χ0n) is 27.6. The fourth-order valence-corrected chi connectivity index (χ4v) is 6.27. The average Bonchev–Trinajstić information content (AvgIpc) is 3.68. The van der Waals surface area contributed by atoms with Gasteiger partial charge in [-0.05, 0) is 60.0 Å². The van der Waals surface area contributed by atoms with Crippen LogP contribution in [-0.2, 0) is 23.5 Å². The molecule has 0 saturated heterocycles. The van der Waals surface area contributed by atoms with Crippen molar-refractivity contribution in [3.63, 3.8) is 0 Å². The van der Waals surface area contributed by atoms with E-state index in [1.807, 2.05) is 79.9 Å². The van der Waals surface area contributed by atoms with E-state index in [0.717, 1.165) is 11.1 Å². The highest BCUT2D eigenvalue weighted by molar-refractivity contribution is 6.07. The molecule has 6 rings (SSSR count). The maximum Gasteiger partial charge on any atom is 0.297 e. The number of ether oxygens (including phenoxy) is 2.